The maximum atomic E-state index is 9.41. The minimum absolute atomic E-state index is 0.158. The zero-order chi connectivity index (χ0) is 17.5. The Morgan fingerprint density at radius 2 is 1.08 bits per heavy atom. The number of hydrogen-bond acceptors (Lipinski definition) is 2. The van der Waals surface area contributed by atoms with Crippen LogP contribution in [0.1, 0.15) is 30.0 Å². The zero-order valence-electron chi connectivity index (χ0n) is 14.6. The van der Waals surface area contributed by atoms with Crippen LogP contribution in [-0.4, -0.2) is 17.8 Å². The van der Waals surface area contributed by atoms with Gasteiger partial charge in [0.2, 0.25) is 0 Å². The van der Waals surface area contributed by atoms with E-state index in [-0.39, 0.29) is 12.6 Å². The Bertz CT molecular complexity index is 659. The molecule has 0 amide bonds. The van der Waals surface area contributed by atoms with E-state index in [1.54, 1.807) is 0 Å². The fraction of sp³-hybridized carbons (Fsp3) is 0.217. The summed E-state index contributed by atoms with van der Waals surface area (Å²) in [5.74, 6) is 0. The molecule has 0 aliphatic carbocycles. The highest BCUT2D eigenvalue weighted by atomic mass is 16.3. The van der Waals surface area contributed by atoms with Crippen LogP contribution in [0.4, 0.5) is 0 Å². The van der Waals surface area contributed by atoms with Crippen LogP contribution in [0, 0.1) is 0 Å². The van der Waals surface area contributed by atoms with E-state index in [4.69, 9.17) is 0 Å². The van der Waals surface area contributed by atoms with Gasteiger partial charge in [0.05, 0.1) is 5.54 Å². The maximum absolute atomic E-state index is 9.41. The molecule has 128 valence electrons. The summed E-state index contributed by atoms with van der Waals surface area (Å²) in [6.07, 6.45) is 0.703. The van der Waals surface area contributed by atoms with Crippen molar-refractivity contribution in [2.75, 3.05) is 6.61 Å². The van der Waals surface area contributed by atoms with Crippen LogP contribution >= 0.6 is 0 Å². The van der Waals surface area contributed by atoms with Gasteiger partial charge >= 0.3 is 0 Å². The molecule has 0 radical (unpaired) electrons. The first-order chi connectivity index (χ1) is 12.3. The zero-order valence-corrected chi connectivity index (χ0v) is 14.6. The van der Waals surface area contributed by atoms with Gasteiger partial charge in [-0.15, -0.1) is 0 Å². The molecule has 3 rings (SSSR count). The highest BCUT2D eigenvalue weighted by Crippen LogP contribution is 2.37. The topological polar surface area (TPSA) is 32.3 Å². The summed E-state index contributed by atoms with van der Waals surface area (Å²) in [7, 11) is 0. The van der Waals surface area contributed by atoms with Gasteiger partial charge in [0.25, 0.3) is 0 Å². The minimum atomic E-state index is -0.460. The smallest absolute Gasteiger partial charge is 0.0950 e. The van der Waals surface area contributed by atoms with Crippen molar-refractivity contribution < 1.29 is 5.11 Å². The normalized spacial score (nSPS) is 12.7. The van der Waals surface area contributed by atoms with Gasteiger partial charge in [0.15, 0.2) is 0 Å². The van der Waals surface area contributed by atoms with E-state index in [1.165, 1.54) is 16.7 Å². The first-order valence-corrected chi connectivity index (χ1v) is 8.82. The molecular weight excluding hydrogens is 306 g/mol. The highest BCUT2D eigenvalue weighted by Gasteiger charge is 2.36. The van der Waals surface area contributed by atoms with Gasteiger partial charge in [-0.2, -0.15) is 0 Å². The summed E-state index contributed by atoms with van der Waals surface area (Å²) in [4.78, 5) is 0. The van der Waals surface area contributed by atoms with Crippen LogP contribution in [0.2, 0.25) is 0 Å². The average molecular weight is 331 g/mol. The van der Waals surface area contributed by atoms with Crippen LogP contribution in [0.15, 0.2) is 91.0 Å². The van der Waals surface area contributed by atoms with Crippen LogP contribution in [0.25, 0.3) is 0 Å². The first kappa shape index (κ1) is 17.4. The number of rotatable bonds is 7. The lowest BCUT2D eigenvalue weighted by molar-refractivity contribution is 0.257. The Morgan fingerprint density at radius 3 is 1.40 bits per heavy atom. The fourth-order valence-electron chi connectivity index (χ4n) is 3.45. The van der Waals surface area contributed by atoms with E-state index in [1.807, 2.05) is 18.2 Å². The van der Waals surface area contributed by atoms with E-state index >= 15 is 0 Å². The van der Waals surface area contributed by atoms with Crippen molar-refractivity contribution >= 4 is 0 Å². The molecule has 0 saturated carbocycles. The third-order valence-electron chi connectivity index (χ3n) is 4.65. The SMILES string of the molecule is CC(CCO)NC(c1ccccc1)(c1ccccc1)c1ccccc1. The fourth-order valence-corrected chi connectivity index (χ4v) is 3.45. The van der Waals surface area contributed by atoms with Gasteiger partial charge in [-0.25, -0.2) is 0 Å². The van der Waals surface area contributed by atoms with Gasteiger partial charge < -0.3 is 5.11 Å². The average Bonchev–Trinajstić information content (AvgIpc) is 2.68. The molecule has 2 heteroatoms. The predicted octanol–water partition coefficient (Wildman–Crippen LogP) is 4.34. The molecule has 1 atom stereocenters. The summed E-state index contributed by atoms with van der Waals surface area (Å²) >= 11 is 0. The van der Waals surface area contributed by atoms with Crippen LogP contribution in [-0.2, 0) is 5.54 Å². The standard InChI is InChI=1S/C23H25NO/c1-19(17-18-25)24-23(20-11-5-2-6-12-20,21-13-7-3-8-14-21)22-15-9-4-10-16-22/h2-16,19,24-25H,17-18H2,1H3. The molecule has 1 unspecified atom stereocenters. The van der Waals surface area contributed by atoms with Gasteiger partial charge in [0, 0.05) is 12.6 Å². The number of nitrogens with one attached hydrogen (secondary N) is 1. The number of aliphatic hydroxyl groups excluding tert-OH is 1. The van der Waals surface area contributed by atoms with Gasteiger partial charge in [0.1, 0.15) is 0 Å². The largest absolute Gasteiger partial charge is 0.396 e. The van der Waals surface area contributed by atoms with Crippen molar-refractivity contribution in [2.24, 2.45) is 0 Å². The van der Waals surface area contributed by atoms with Crippen molar-refractivity contribution in [3.05, 3.63) is 108 Å². The second-order valence-electron chi connectivity index (χ2n) is 6.41. The van der Waals surface area contributed by atoms with Crippen molar-refractivity contribution in [1.29, 1.82) is 0 Å². The molecule has 25 heavy (non-hydrogen) atoms. The van der Waals surface area contributed by atoms with E-state index in [0.717, 1.165) is 0 Å². The van der Waals surface area contributed by atoms with Crippen molar-refractivity contribution in [3.8, 4) is 0 Å². The van der Waals surface area contributed by atoms with Crippen molar-refractivity contribution in [3.63, 3.8) is 0 Å². The van der Waals surface area contributed by atoms with E-state index in [9.17, 15) is 5.11 Å². The second-order valence-corrected chi connectivity index (χ2v) is 6.41. The monoisotopic (exact) mass is 331 g/mol. The molecule has 3 aromatic rings. The maximum Gasteiger partial charge on any atom is 0.0950 e. The molecule has 0 aromatic heterocycles. The van der Waals surface area contributed by atoms with Gasteiger partial charge in [-0.3, -0.25) is 5.32 Å². The molecule has 0 spiro atoms. The van der Waals surface area contributed by atoms with E-state index < -0.39 is 5.54 Å². The summed E-state index contributed by atoms with van der Waals surface area (Å²) in [5, 5.41) is 13.2. The second kappa shape index (κ2) is 8.11. The molecule has 0 heterocycles. The van der Waals surface area contributed by atoms with Gasteiger partial charge in [-0.1, -0.05) is 91.0 Å². The Hall–Kier alpha value is -2.42. The summed E-state index contributed by atoms with van der Waals surface area (Å²) in [5.41, 5.74) is 3.12. The van der Waals surface area contributed by atoms with E-state index in [0.29, 0.717) is 6.42 Å². The quantitative estimate of drug-likeness (QED) is 0.631. The number of benzene rings is 3. The molecule has 0 aliphatic rings. The third-order valence-corrected chi connectivity index (χ3v) is 4.65. The number of aliphatic hydroxyl groups is 1. The van der Waals surface area contributed by atoms with E-state index in [2.05, 4.69) is 85.0 Å². The first-order valence-electron chi connectivity index (χ1n) is 8.82. The number of hydrogen-bond donors (Lipinski definition) is 2. The van der Waals surface area contributed by atoms with Crippen LogP contribution in [0.5, 0.6) is 0 Å². The molecule has 3 aromatic carbocycles. The third kappa shape index (κ3) is 3.65. The lowest BCUT2D eigenvalue weighted by atomic mass is 9.76. The Labute approximate surface area is 150 Å². The Balaban J connectivity index is 2.24. The van der Waals surface area contributed by atoms with Crippen molar-refractivity contribution in [1.82, 2.24) is 5.32 Å². The van der Waals surface area contributed by atoms with Crippen LogP contribution in [0.3, 0.4) is 0 Å². The minimum Gasteiger partial charge on any atom is -0.396 e. The Morgan fingerprint density at radius 1 is 0.720 bits per heavy atom. The molecule has 0 aliphatic heterocycles. The lowest BCUT2D eigenvalue weighted by Crippen LogP contribution is -2.49. The molecular formula is C23H25NO. The van der Waals surface area contributed by atoms with Gasteiger partial charge in [-0.05, 0) is 30.0 Å². The van der Waals surface area contributed by atoms with Crippen molar-refractivity contribution in [2.45, 2.75) is 24.9 Å². The summed E-state index contributed by atoms with van der Waals surface area (Å²) < 4.78 is 0. The molecule has 2 N–H and O–H groups in total. The highest BCUT2D eigenvalue weighted by molar-refractivity contribution is 5.49. The lowest BCUT2D eigenvalue weighted by Gasteiger charge is -2.39. The summed E-state index contributed by atoms with van der Waals surface area (Å²) in [6.45, 7) is 2.29. The molecule has 0 bridgehead atoms. The molecule has 0 fully saturated rings. The molecule has 0 saturated heterocycles. The summed E-state index contributed by atoms with van der Waals surface area (Å²) in [6, 6.07) is 31.7. The van der Waals surface area contributed by atoms with Crippen LogP contribution < -0.4 is 5.32 Å². The Kier molecular flexibility index (Phi) is 5.64. The predicted molar refractivity (Wildman–Crippen MR) is 104 cm³/mol. The molecule has 2 nitrogen and oxygen atoms in total.